The van der Waals surface area contributed by atoms with Gasteiger partial charge in [0.25, 0.3) is 6.71 Å². The van der Waals surface area contributed by atoms with Crippen LogP contribution >= 0.6 is 0 Å². The van der Waals surface area contributed by atoms with E-state index in [2.05, 4.69) is 190 Å². The van der Waals surface area contributed by atoms with Gasteiger partial charge in [0.05, 0.1) is 22.4 Å². The molecule has 350 valence electrons. The topological polar surface area (TPSA) is 35.6 Å². The SMILES string of the molecule is CC(C)(C)c1ccc2c(c1)c1c(C3CCCCC3)ccc3c1n2-c1cc(-c2cc(-c4ccccc4)nc(-c4ccccc4)n2)cc2c1B3c1ccc(C3CCCCC3)c3c4cc(C(C)(C)C)ccc4n-2c13. The minimum Gasteiger partial charge on any atom is -0.310 e. The van der Waals surface area contributed by atoms with Crippen molar-refractivity contribution in [3.63, 3.8) is 0 Å². The van der Waals surface area contributed by atoms with E-state index in [1.807, 2.05) is 0 Å². The van der Waals surface area contributed by atoms with Crippen LogP contribution < -0.4 is 16.4 Å². The third-order valence-electron chi connectivity index (χ3n) is 17.4. The second-order valence-electron chi connectivity index (χ2n) is 23.8. The normalized spacial score (nSPS) is 16.2. The minimum absolute atomic E-state index is 0.0121. The average Bonchev–Trinajstić information content (AvgIpc) is 3.93. The van der Waals surface area contributed by atoms with E-state index in [9.17, 15) is 0 Å². The molecule has 3 aromatic heterocycles. The molecule has 4 aliphatic rings. The average molecular weight is 923 g/mol. The van der Waals surface area contributed by atoms with Crippen molar-refractivity contribution in [1.29, 1.82) is 0 Å². The molecule has 0 amide bonds. The zero-order valence-electron chi connectivity index (χ0n) is 42.4. The summed E-state index contributed by atoms with van der Waals surface area (Å²) < 4.78 is 5.41. The number of hydrogen-bond acceptors (Lipinski definition) is 2. The van der Waals surface area contributed by atoms with E-state index < -0.39 is 0 Å². The van der Waals surface area contributed by atoms with Gasteiger partial charge in [0.15, 0.2) is 5.82 Å². The van der Waals surface area contributed by atoms with Crippen LogP contribution in [0.3, 0.4) is 0 Å². The maximum Gasteiger partial charge on any atom is 0.252 e. The number of hydrogen-bond donors (Lipinski definition) is 0. The van der Waals surface area contributed by atoms with E-state index >= 15 is 0 Å². The highest BCUT2D eigenvalue weighted by atomic mass is 15.0. The van der Waals surface area contributed by atoms with Crippen molar-refractivity contribution < 1.29 is 0 Å². The highest BCUT2D eigenvalue weighted by Gasteiger charge is 2.43. The van der Waals surface area contributed by atoms with Gasteiger partial charge in [0.1, 0.15) is 0 Å². The summed E-state index contributed by atoms with van der Waals surface area (Å²) >= 11 is 0. The molecule has 0 saturated heterocycles. The molecule has 5 heteroatoms. The first-order chi connectivity index (χ1) is 34.5. The highest BCUT2D eigenvalue weighted by molar-refractivity contribution is 7.00. The van der Waals surface area contributed by atoms with Gasteiger partial charge in [-0.15, -0.1) is 0 Å². The first-order valence-corrected chi connectivity index (χ1v) is 26.9. The van der Waals surface area contributed by atoms with Crippen molar-refractivity contribution in [3.8, 4) is 45.3 Å². The predicted molar refractivity (Wildman–Crippen MR) is 301 cm³/mol. The van der Waals surface area contributed by atoms with Crippen LogP contribution in [0.5, 0.6) is 0 Å². The summed E-state index contributed by atoms with van der Waals surface area (Å²) in [5, 5.41) is 5.74. The third kappa shape index (κ3) is 6.63. The molecular formula is C66H63BN4. The van der Waals surface area contributed by atoms with Gasteiger partial charge in [0, 0.05) is 60.6 Å². The molecule has 0 radical (unpaired) electrons. The molecule has 7 aromatic carbocycles. The lowest BCUT2D eigenvalue weighted by Gasteiger charge is -2.35. The van der Waals surface area contributed by atoms with Gasteiger partial charge in [-0.1, -0.05) is 177 Å². The lowest BCUT2D eigenvalue weighted by atomic mass is 9.34. The van der Waals surface area contributed by atoms with Crippen LogP contribution in [0.2, 0.25) is 0 Å². The Bertz CT molecular complexity index is 3550. The molecule has 0 N–H and O–H groups in total. The molecule has 14 rings (SSSR count). The molecule has 5 heterocycles. The Morgan fingerprint density at radius 2 is 0.901 bits per heavy atom. The van der Waals surface area contributed by atoms with Crippen LogP contribution in [0.25, 0.3) is 88.9 Å². The Morgan fingerprint density at radius 1 is 0.451 bits per heavy atom. The summed E-state index contributed by atoms with van der Waals surface area (Å²) in [6.07, 6.45) is 12.9. The van der Waals surface area contributed by atoms with E-state index in [-0.39, 0.29) is 17.5 Å². The van der Waals surface area contributed by atoms with Gasteiger partial charge in [0.2, 0.25) is 0 Å². The maximum atomic E-state index is 5.55. The summed E-state index contributed by atoms with van der Waals surface area (Å²) in [4.78, 5) is 10.8. The minimum atomic E-state index is 0.0121. The lowest BCUT2D eigenvalue weighted by Crippen LogP contribution is -2.59. The van der Waals surface area contributed by atoms with Crippen molar-refractivity contribution in [3.05, 3.63) is 162 Å². The van der Waals surface area contributed by atoms with Crippen molar-refractivity contribution >= 4 is 66.7 Å². The Hall–Kier alpha value is -6.72. The van der Waals surface area contributed by atoms with E-state index in [0.717, 1.165) is 33.9 Å². The Balaban J connectivity index is 1.15. The van der Waals surface area contributed by atoms with E-state index in [1.165, 1.54) is 147 Å². The van der Waals surface area contributed by atoms with Crippen LogP contribution in [0.4, 0.5) is 0 Å². The molecule has 0 bridgehead atoms. The standard InChI is InChI=1S/C66H63BN4/c1-65(2,3)45-27-33-55-49(37-45)59-47(40-19-11-7-12-20-40)29-31-51-62(59)70(55)57-35-44(54-39-53(42-23-15-9-16-24-42)68-64(69-54)43-25-17-10-18-26-43)36-58-61(57)67(51)52-32-30-48(41-21-13-8-14-22-41)60-50-38-46(66(4,5)6)28-34-56(50)71(58)63(52)60/h9-10,15-18,23-41H,7-8,11-14,19-22H2,1-6H3. The molecule has 0 unspecified atom stereocenters. The Kier molecular flexibility index (Phi) is 9.65. The summed E-state index contributed by atoms with van der Waals surface area (Å²) in [5.41, 5.74) is 23.2. The summed E-state index contributed by atoms with van der Waals surface area (Å²) in [5.74, 6) is 1.85. The third-order valence-corrected chi connectivity index (χ3v) is 17.4. The van der Waals surface area contributed by atoms with Crippen LogP contribution in [-0.2, 0) is 10.8 Å². The molecule has 2 fully saturated rings. The monoisotopic (exact) mass is 923 g/mol. The summed E-state index contributed by atoms with van der Waals surface area (Å²) in [6.45, 7) is 14.3. The van der Waals surface area contributed by atoms with Gasteiger partial charge < -0.3 is 9.13 Å². The molecular weight excluding hydrogens is 860 g/mol. The molecule has 2 aliphatic carbocycles. The van der Waals surface area contributed by atoms with Gasteiger partial charge >= 0.3 is 0 Å². The number of fused-ring (bicyclic) bond motifs is 10. The fraction of sp³-hybridized carbons (Fsp3) is 0.303. The zero-order chi connectivity index (χ0) is 47.9. The van der Waals surface area contributed by atoms with Crippen molar-refractivity contribution in [2.45, 2.75) is 128 Å². The number of rotatable bonds is 5. The second kappa shape index (κ2) is 15.9. The molecule has 71 heavy (non-hydrogen) atoms. The molecule has 0 atom stereocenters. The largest absolute Gasteiger partial charge is 0.310 e. The lowest BCUT2D eigenvalue weighted by molar-refractivity contribution is 0.445. The first-order valence-electron chi connectivity index (χ1n) is 26.9. The van der Waals surface area contributed by atoms with E-state index in [0.29, 0.717) is 11.8 Å². The Morgan fingerprint density at radius 3 is 1.37 bits per heavy atom. The van der Waals surface area contributed by atoms with Crippen LogP contribution in [-0.4, -0.2) is 25.8 Å². The molecule has 10 aromatic rings. The molecule has 0 spiro atoms. The number of benzene rings is 7. The molecule has 4 nitrogen and oxygen atoms in total. The summed E-state index contributed by atoms with van der Waals surface area (Å²) in [6, 6.07) is 53.7. The fourth-order valence-corrected chi connectivity index (χ4v) is 13.8. The number of nitrogens with zero attached hydrogens (tertiary/aromatic N) is 4. The second-order valence-corrected chi connectivity index (χ2v) is 23.8. The van der Waals surface area contributed by atoms with Gasteiger partial charge in [-0.25, -0.2) is 9.97 Å². The van der Waals surface area contributed by atoms with Gasteiger partial charge in [-0.2, -0.15) is 0 Å². The van der Waals surface area contributed by atoms with E-state index in [1.54, 1.807) is 11.1 Å². The predicted octanol–water partition coefficient (Wildman–Crippen LogP) is 15.5. The van der Waals surface area contributed by atoms with E-state index in [4.69, 9.17) is 9.97 Å². The molecule has 2 saturated carbocycles. The van der Waals surface area contributed by atoms with Crippen molar-refractivity contribution in [2.24, 2.45) is 0 Å². The van der Waals surface area contributed by atoms with Crippen LogP contribution in [0, 0.1) is 0 Å². The molecule has 2 aliphatic heterocycles. The zero-order valence-corrected chi connectivity index (χ0v) is 42.4. The van der Waals surface area contributed by atoms with Crippen molar-refractivity contribution in [2.75, 3.05) is 0 Å². The summed E-state index contributed by atoms with van der Waals surface area (Å²) in [7, 11) is 0. The smallest absolute Gasteiger partial charge is 0.252 e. The maximum absolute atomic E-state index is 5.55. The van der Waals surface area contributed by atoms with Crippen LogP contribution in [0.1, 0.15) is 140 Å². The quantitative estimate of drug-likeness (QED) is 0.161. The highest BCUT2D eigenvalue weighted by Crippen LogP contribution is 2.48. The number of aromatic nitrogens is 4. The van der Waals surface area contributed by atoms with Gasteiger partial charge in [-0.05, 0) is 129 Å². The van der Waals surface area contributed by atoms with Gasteiger partial charge in [-0.3, -0.25) is 0 Å². The van der Waals surface area contributed by atoms with Crippen molar-refractivity contribution in [1.82, 2.24) is 19.1 Å². The van der Waals surface area contributed by atoms with Crippen LogP contribution in [0.15, 0.2) is 140 Å². The fourth-order valence-electron chi connectivity index (χ4n) is 13.8. The first kappa shape index (κ1) is 43.1. The Labute approximate surface area is 419 Å².